The number of carbonyl (C=O) groups is 1. The van der Waals surface area contributed by atoms with Gasteiger partial charge in [0.25, 0.3) is 0 Å². The lowest BCUT2D eigenvalue weighted by Gasteiger charge is -2.43. The summed E-state index contributed by atoms with van der Waals surface area (Å²) in [5.41, 5.74) is 0. The third kappa shape index (κ3) is 2.35. The van der Waals surface area contributed by atoms with Gasteiger partial charge in [0, 0.05) is 12.0 Å². The van der Waals surface area contributed by atoms with Crippen LogP contribution in [0.15, 0.2) is 0 Å². The van der Waals surface area contributed by atoms with E-state index < -0.39 is 0 Å². The lowest BCUT2D eigenvalue weighted by molar-refractivity contribution is -0.134. The van der Waals surface area contributed by atoms with E-state index in [4.69, 9.17) is 0 Å². The normalized spacial score (nSPS) is 37.2. The van der Waals surface area contributed by atoms with E-state index in [1.807, 2.05) is 0 Å². The van der Waals surface area contributed by atoms with Crippen LogP contribution in [-0.2, 0) is 4.79 Å². The van der Waals surface area contributed by atoms with Crippen molar-refractivity contribution in [3.63, 3.8) is 0 Å². The first-order valence-electron chi connectivity index (χ1n) is 6.16. The van der Waals surface area contributed by atoms with Crippen LogP contribution in [0.2, 0.25) is 0 Å². The molecule has 0 aromatic heterocycles. The highest BCUT2D eigenvalue weighted by atomic mass is 16.2. The topological polar surface area (TPSA) is 29.1 Å². The van der Waals surface area contributed by atoms with Crippen LogP contribution in [0.5, 0.6) is 0 Å². The second-order valence-electron chi connectivity index (χ2n) is 5.77. The Morgan fingerprint density at radius 3 is 1.93 bits per heavy atom. The molecule has 88 valence electrons. The number of nitrogens with one attached hydrogen (secondary N) is 1. The number of hydrogen-bond donors (Lipinski definition) is 1. The molecule has 1 rings (SSSR count). The van der Waals surface area contributed by atoms with Gasteiger partial charge in [0.05, 0.1) is 0 Å². The highest BCUT2D eigenvalue weighted by molar-refractivity contribution is 5.80. The molecule has 0 bridgehead atoms. The highest BCUT2D eigenvalue weighted by Crippen LogP contribution is 2.35. The molecule has 1 saturated heterocycles. The maximum atomic E-state index is 12.0. The third-order valence-corrected chi connectivity index (χ3v) is 4.01. The van der Waals surface area contributed by atoms with Gasteiger partial charge in [-0.25, -0.2) is 0 Å². The quantitative estimate of drug-likeness (QED) is 0.747. The Hall–Kier alpha value is -0.530. The van der Waals surface area contributed by atoms with E-state index in [1.54, 1.807) is 0 Å². The molecule has 1 amide bonds. The molecule has 15 heavy (non-hydrogen) atoms. The molecule has 0 radical (unpaired) electrons. The Kier molecular flexibility index (Phi) is 3.80. The Labute approximate surface area is 93.8 Å². The molecule has 1 N–H and O–H groups in total. The molecule has 2 heteroatoms. The summed E-state index contributed by atoms with van der Waals surface area (Å²) in [6.45, 7) is 13.1. The standard InChI is InChI=1S/C13H25NO/c1-7(2)11-9(5)10(6)12(8(3)4)14-13(11)15/h7-12H,1-6H3,(H,14,15). The lowest BCUT2D eigenvalue weighted by atomic mass is 9.69. The monoisotopic (exact) mass is 211 g/mol. The molecular formula is C13H25NO. The molecule has 1 aliphatic heterocycles. The Morgan fingerprint density at radius 1 is 1.00 bits per heavy atom. The second-order valence-corrected chi connectivity index (χ2v) is 5.77. The molecule has 4 atom stereocenters. The van der Waals surface area contributed by atoms with Crippen molar-refractivity contribution in [2.75, 3.05) is 0 Å². The van der Waals surface area contributed by atoms with Gasteiger partial charge < -0.3 is 5.32 Å². The van der Waals surface area contributed by atoms with E-state index in [2.05, 4.69) is 46.9 Å². The van der Waals surface area contributed by atoms with Crippen LogP contribution in [0.1, 0.15) is 41.5 Å². The summed E-state index contributed by atoms with van der Waals surface area (Å²) in [5, 5.41) is 3.19. The fraction of sp³-hybridized carbons (Fsp3) is 0.923. The summed E-state index contributed by atoms with van der Waals surface area (Å²) in [6.07, 6.45) is 0. The first-order valence-corrected chi connectivity index (χ1v) is 6.16. The summed E-state index contributed by atoms with van der Waals surface area (Å²) in [6, 6.07) is 0.350. The minimum atomic E-state index is 0.190. The largest absolute Gasteiger partial charge is 0.353 e. The van der Waals surface area contributed by atoms with Crippen LogP contribution in [-0.4, -0.2) is 11.9 Å². The summed E-state index contributed by atoms with van der Waals surface area (Å²) >= 11 is 0. The van der Waals surface area contributed by atoms with E-state index in [-0.39, 0.29) is 11.8 Å². The van der Waals surface area contributed by atoms with Gasteiger partial charge in [0.1, 0.15) is 0 Å². The molecule has 1 fully saturated rings. The predicted octanol–water partition coefficient (Wildman–Crippen LogP) is 2.69. The van der Waals surface area contributed by atoms with Gasteiger partial charge >= 0.3 is 0 Å². The number of hydrogen-bond acceptors (Lipinski definition) is 1. The Balaban J connectivity index is 2.84. The molecule has 4 unspecified atom stereocenters. The van der Waals surface area contributed by atoms with Gasteiger partial charge in [-0.3, -0.25) is 4.79 Å². The fourth-order valence-corrected chi connectivity index (χ4v) is 2.97. The molecule has 2 nitrogen and oxygen atoms in total. The molecule has 0 saturated carbocycles. The smallest absolute Gasteiger partial charge is 0.223 e. The van der Waals surface area contributed by atoms with Crippen LogP contribution < -0.4 is 5.32 Å². The van der Waals surface area contributed by atoms with Crippen molar-refractivity contribution in [2.24, 2.45) is 29.6 Å². The summed E-state index contributed by atoms with van der Waals surface area (Å²) in [4.78, 5) is 12.0. The van der Waals surface area contributed by atoms with E-state index in [1.165, 1.54) is 0 Å². The van der Waals surface area contributed by atoms with Crippen LogP contribution in [0.25, 0.3) is 0 Å². The third-order valence-electron chi connectivity index (χ3n) is 4.01. The van der Waals surface area contributed by atoms with E-state index in [0.717, 1.165) is 0 Å². The molecular weight excluding hydrogens is 186 g/mol. The molecule has 1 heterocycles. The van der Waals surface area contributed by atoms with Crippen molar-refractivity contribution in [1.82, 2.24) is 5.32 Å². The number of piperidine rings is 1. The molecule has 0 spiro atoms. The van der Waals surface area contributed by atoms with Gasteiger partial charge in [0.15, 0.2) is 0 Å². The highest BCUT2D eigenvalue weighted by Gasteiger charge is 2.41. The van der Waals surface area contributed by atoms with Gasteiger partial charge in [-0.05, 0) is 23.7 Å². The molecule has 1 aliphatic rings. The summed E-state index contributed by atoms with van der Waals surface area (Å²) in [7, 11) is 0. The number of carbonyl (C=O) groups excluding carboxylic acids is 1. The Bertz CT molecular complexity index is 235. The van der Waals surface area contributed by atoms with E-state index in [0.29, 0.717) is 29.7 Å². The number of rotatable bonds is 2. The molecule has 0 aliphatic carbocycles. The van der Waals surface area contributed by atoms with E-state index >= 15 is 0 Å². The second kappa shape index (κ2) is 4.54. The van der Waals surface area contributed by atoms with Crippen molar-refractivity contribution in [2.45, 2.75) is 47.6 Å². The summed E-state index contributed by atoms with van der Waals surface area (Å²) < 4.78 is 0. The molecule has 0 aromatic rings. The van der Waals surface area contributed by atoms with Gasteiger partial charge in [-0.2, -0.15) is 0 Å². The fourth-order valence-electron chi connectivity index (χ4n) is 2.97. The first-order chi connectivity index (χ1) is 6.86. The zero-order chi connectivity index (χ0) is 11.7. The van der Waals surface area contributed by atoms with Crippen LogP contribution in [0.3, 0.4) is 0 Å². The van der Waals surface area contributed by atoms with Gasteiger partial charge in [-0.1, -0.05) is 41.5 Å². The zero-order valence-electron chi connectivity index (χ0n) is 10.9. The van der Waals surface area contributed by atoms with Gasteiger partial charge in [0.2, 0.25) is 5.91 Å². The average molecular weight is 211 g/mol. The minimum absolute atomic E-state index is 0.190. The number of amides is 1. The zero-order valence-corrected chi connectivity index (χ0v) is 10.9. The van der Waals surface area contributed by atoms with Crippen molar-refractivity contribution in [1.29, 1.82) is 0 Å². The van der Waals surface area contributed by atoms with Crippen LogP contribution in [0.4, 0.5) is 0 Å². The van der Waals surface area contributed by atoms with Crippen molar-refractivity contribution < 1.29 is 4.79 Å². The Morgan fingerprint density at radius 2 is 1.53 bits per heavy atom. The predicted molar refractivity (Wildman–Crippen MR) is 63.4 cm³/mol. The van der Waals surface area contributed by atoms with Gasteiger partial charge in [-0.15, -0.1) is 0 Å². The SMILES string of the molecule is CC(C)C1NC(=O)C(C(C)C)C(C)C1C. The van der Waals surface area contributed by atoms with Crippen molar-refractivity contribution >= 4 is 5.91 Å². The lowest BCUT2D eigenvalue weighted by Crippen LogP contribution is -2.56. The average Bonchev–Trinajstić information content (AvgIpc) is 2.10. The first kappa shape index (κ1) is 12.5. The molecule has 0 aromatic carbocycles. The van der Waals surface area contributed by atoms with Crippen molar-refractivity contribution in [3.05, 3.63) is 0 Å². The van der Waals surface area contributed by atoms with Crippen LogP contribution >= 0.6 is 0 Å². The van der Waals surface area contributed by atoms with Crippen molar-refractivity contribution in [3.8, 4) is 0 Å². The van der Waals surface area contributed by atoms with E-state index in [9.17, 15) is 4.79 Å². The minimum Gasteiger partial charge on any atom is -0.353 e. The maximum absolute atomic E-state index is 12.0. The summed E-state index contributed by atoms with van der Waals surface area (Å²) in [5.74, 6) is 2.49. The van der Waals surface area contributed by atoms with Crippen LogP contribution in [0, 0.1) is 29.6 Å². The maximum Gasteiger partial charge on any atom is 0.223 e.